The van der Waals surface area contributed by atoms with E-state index in [0.717, 1.165) is 36.1 Å². The standard InChI is InChI=1S/C22H24N2O5S/c1-3-14-8-10-17-18(13-14)30-21(20(17)22(26)29-4-2)23-19(25)11-9-15-6-5-7-16(12-15)24(27)28/h5-7,9,11-12,14H,3-4,8,10,13H2,1-2H3,(H,23,25). The highest BCUT2D eigenvalue weighted by atomic mass is 32.1. The Labute approximate surface area is 178 Å². The highest BCUT2D eigenvalue weighted by Crippen LogP contribution is 2.40. The summed E-state index contributed by atoms with van der Waals surface area (Å²) in [4.78, 5) is 36.6. The SMILES string of the molecule is CCOC(=O)c1c(NC(=O)C=Cc2cccc([N+](=O)[O-])c2)sc2c1CCC(CC)C2. The fourth-order valence-electron chi connectivity index (χ4n) is 3.58. The van der Waals surface area contributed by atoms with E-state index in [1.807, 2.05) is 0 Å². The number of esters is 1. The molecule has 0 radical (unpaired) electrons. The van der Waals surface area contributed by atoms with Crippen molar-refractivity contribution in [2.24, 2.45) is 5.92 Å². The summed E-state index contributed by atoms with van der Waals surface area (Å²) in [6.45, 7) is 4.18. The Morgan fingerprint density at radius 1 is 1.37 bits per heavy atom. The maximum absolute atomic E-state index is 12.6. The van der Waals surface area contributed by atoms with Gasteiger partial charge in [-0.2, -0.15) is 0 Å². The summed E-state index contributed by atoms with van der Waals surface area (Å²) in [5, 5.41) is 14.2. The second-order valence-corrected chi connectivity index (χ2v) is 8.23. The molecule has 0 fully saturated rings. The number of ether oxygens (including phenoxy) is 1. The summed E-state index contributed by atoms with van der Waals surface area (Å²) in [6.07, 6.45) is 6.63. The molecule has 1 aromatic carbocycles. The van der Waals surface area contributed by atoms with Crippen molar-refractivity contribution in [3.8, 4) is 0 Å². The molecule has 0 saturated carbocycles. The molecular formula is C22H24N2O5S. The summed E-state index contributed by atoms with van der Waals surface area (Å²) in [5.41, 5.74) is 1.95. The van der Waals surface area contributed by atoms with E-state index < -0.39 is 16.8 Å². The number of carbonyl (C=O) groups is 2. The molecule has 3 rings (SSSR count). The molecule has 0 saturated heterocycles. The van der Waals surface area contributed by atoms with Gasteiger partial charge in [-0.1, -0.05) is 25.5 Å². The third-order valence-corrected chi connectivity index (χ3v) is 6.34. The molecule has 1 unspecified atom stereocenters. The zero-order valence-corrected chi connectivity index (χ0v) is 17.8. The van der Waals surface area contributed by atoms with Crippen molar-refractivity contribution >= 4 is 40.0 Å². The van der Waals surface area contributed by atoms with Crippen molar-refractivity contribution in [3.05, 3.63) is 62.0 Å². The van der Waals surface area contributed by atoms with Gasteiger partial charge in [-0.15, -0.1) is 11.3 Å². The fourth-order valence-corrected chi connectivity index (χ4v) is 4.93. The lowest BCUT2D eigenvalue weighted by molar-refractivity contribution is -0.384. The van der Waals surface area contributed by atoms with Crippen LogP contribution in [0.5, 0.6) is 0 Å². The maximum atomic E-state index is 12.6. The Bertz CT molecular complexity index is 995. The first-order valence-electron chi connectivity index (χ1n) is 9.98. The van der Waals surface area contributed by atoms with E-state index in [2.05, 4.69) is 12.2 Å². The first-order valence-corrected chi connectivity index (χ1v) is 10.8. The van der Waals surface area contributed by atoms with Gasteiger partial charge in [0, 0.05) is 23.1 Å². The third kappa shape index (κ3) is 4.94. The normalized spacial score (nSPS) is 15.6. The number of nitro benzene ring substituents is 1. The van der Waals surface area contributed by atoms with Crippen LogP contribution in [0.1, 0.15) is 53.1 Å². The molecule has 1 atom stereocenters. The lowest BCUT2D eigenvalue weighted by atomic mass is 9.85. The second kappa shape index (κ2) is 9.67. The summed E-state index contributed by atoms with van der Waals surface area (Å²) in [5.74, 6) is -0.232. The van der Waals surface area contributed by atoms with Crippen molar-refractivity contribution in [3.63, 3.8) is 0 Å². The van der Waals surface area contributed by atoms with Crippen LogP contribution < -0.4 is 5.32 Å². The molecule has 30 heavy (non-hydrogen) atoms. The predicted molar refractivity (Wildman–Crippen MR) is 117 cm³/mol. The van der Waals surface area contributed by atoms with Crippen LogP contribution in [0.15, 0.2) is 30.3 Å². The van der Waals surface area contributed by atoms with Crippen molar-refractivity contribution in [1.82, 2.24) is 0 Å². The minimum absolute atomic E-state index is 0.0430. The molecule has 8 heteroatoms. The highest BCUT2D eigenvalue weighted by molar-refractivity contribution is 7.17. The van der Waals surface area contributed by atoms with Crippen LogP contribution in [0, 0.1) is 16.0 Å². The molecule has 1 aliphatic carbocycles. The van der Waals surface area contributed by atoms with Gasteiger partial charge in [-0.3, -0.25) is 14.9 Å². The van der Waals surface area contributed by atoms with Crippen LogP contribution >= 0.6 is 11.3 Å². The number of rotatable bonds is 7. The zero-order chi connectivity index (χ0) is 21.7. The first kappa shape index (κ1) is 21.7. The van der Waals surface area contributed by atoms with Gasteiger partial charge in [0.25, 0.3) is 5.69 Å². The van der Waals surface area contributed by atoms with E-state index in [9.17, 15) is 19.7 Å². The first-order chi connectivity index (χ1) is 14.4. The summed E-state index contributed by atoms with van der Waals surface area (Å²) >= 11 is 1.44. The molecule has 0 spiro atoms. The Kier molecular flexibility index (Phi) is 6.99. The molecule has 1 amide bonds. The van der Waals surface area contributed by atoms with Gasteiger partial charge >= 0.3 is 5.97 Å². The molecule has 1 N–H and O–H groups in total. The number of thiophene rings is 1. The van der Waals surface area contributed by atoms with Gasteiger partial charge in [0.15, 0.2) is 0 Å². The van der Waals surface area contributed by atoms with E-state index >= 15 is 0 Å². The molecule has 158 valence electrons. The van der Waals surface area contributed by atoms with Crippen LogP contribution in [0.4, 0.5) is 10.7 Å². The van der Waals surface area contributed by atoms with Gasteiger partial charge < -0.3 is 10.1 Å². The van der Waals surface area contributed by atoms with Crippen LogP contribution in [0.25, 0.3) is 6.08 Å². The Morgan fingerprint density at radius 3 is 2.87 bits per heavy atom. The van der Waals surface area contributed by atoms with Gasteiger partial charge in [-0.05, 0) is 49.3 Å². The molecule has 0 bridgehead atoms. The van der Waals surface area contributed by atoms with E-state index in [-0.39, 0.29) is 12.3 Å². The minimum Gasteiger partial charge on any atom is -0.462 e. The summed E-state index contributed by atoms with van der Waals surface area (Å²) in [7, 11) is 0. The number of nitrogens with one attached hydrogen (secondary N) is 1. The number of carbonyl (C=O) groups excluding carboxylic acids is 2. The van der Waals surface area contributed by atoms with Gasteiger partial charge in [-0.25, -0.2) is 4.79 Å². The quantitative estimate of drug-likeness (QED) is 0.290. The number of amides is 1. The van der Waals surface area contributed by atoms with Crippen LogP contribution in [-0.4, -0.2) is 23.4 Å². The molecule has 7 nitrogen and oxygen atoms in total. The van der Waals surface area contributed by atoms with Crippen LogP contribution in [0.3, 0.4) is 0 Å². The summed E-state index contributed by atoms with van der Waals surface area (Å²) < 4.78 is 5.23. The molecule has 1 aromatic heterocycles. The lowest BCUT2D eigenvalue weighted by Gasteiger charge is -2.20. The van der Waals surface area contributed by atoms with Crippen molar-refractivity contribution in [2.45, 2.75) is 39.5 Å². The Balaban J connectivity index is 1.82. The number of non-ortho nitro benzene ring substituents is 1. The topological polar surface area (TPSA) is 98.5 Å². The largest absolute Gasteiger partial charge is 0.462 e. The summed E-state index contributed by atoms with van der Waals surface area (Å²) in [6, 6.07) is 6.02. The number of hydrogen-bond donors (Lipinski definition) is 1. The second-order valence-electron chi connectivity index (χ2n) is 7.12. The van der Waals surface area contributed by atoms with Gasteiger partial charge in [0.1, 0.15) is 5.00 Å². The van der Waals surface area contributed by atoms with Gasteiger partial charge in [0.2, 0.25) is 5.91 Å². The number of fused-ring (bicyclic) bond motifs is 1. The molecule has 2 aromatic rings. The van der Waals surface area contributed by atoms with E-state index in [0.29, 0.717) is 22.0 Å². The monoisotopic (exact) mass is 428 g/mol. The third-order valence-electron chi connectivity index (χ3n) is 5.17. The molecular weight excluding hydrogens is 404 g/mol. The van der Waals surface area contributed by atoms with E-state index in [4.69, 9.17) is 4.74 Å². The van der Waals surface area contributed by atoms with Crippen LogP contribution in [0.2, 0.25) is 0 Å². The highest BCUT2D eigenvalue weighted by Gasteiger charge is 2.29. The van der Waals surface area contributed by atoms with Gasteiger partial charge in [0.05, 0.1) is 17.1 Å². The Hall–Kier alpha value is -3.00. The smallest absolute Gasteiger partial charge is 0.341 e. The van der Waals surface area contributed by atoms with E-state index in [1.54, 1.807) is 19.1 Å². The maximum Gasteiger partial charge on any atom is 0.341 e. The van der Waals surface area contributed by atoms with Crippen molar-refractivity contribution in [2.75, 3.05) is 11.9 Å². The lowest BCUT2D eigenvalue weighted by Crippen LogP contribution is -2.16. The number of nitrogens with zero attached hydrogens (tertiary/aromatic N) is 1. The number of hydrogen-bond acceptors (Lipinski definition) is 6. The minimum atomic E-state index is -0.483. The average Bonchev–Trinajstić information content (AvgIpc) is 3.09. The number of benzene rings is 1. The van der Waals surface area contributed by atoms with E-state index in [1.165, 1.54) is 35.6 Å². The van der Waals surface area contributed by atoms with Crippen molar-refractivity contribution in [1.29, 1.82) is 0 Å². The van der Waals surface area contributed by atoms with Crippen molar-refractivity contribution < 1.29 is 19.2 Å². The molecule has 1 heterocycles. The molecule has 0 aliphatic heterocycles. The molecule has 1 aliphatic rings. The Morgan fingerprint density at radius 2 is 2.17 bits per heavy atom. The number of anilines is 1. The zero-order valence-electron chi connectivity index (χ0n) is 17.0. The number of nitro groups is 1. The fraction of sp³-hybridized carbons (Fsp3) is 0.364. The van der Waals surface area contributed by atoms with Crippen LogP contribution in [-0.2, 0) is 22.4 Å². The average molecular weight is 429 g/mol. The predicted octanol–water partition coefficient (Wildman–Crippen LogP) is 5.00.